The normalized spacial score (nSPS) is 24.4. The van der Waals surface area contributed by atoms with Crippen molar-refractivity contribution in [2.75, 3.05) is 19.8 Å². The highest BCUT2D eigenvalue weighted by molar-refractivity contribution is 5.79. The lowest BCUT2D eigenvalue weighted by Crippen LogP contribution is -2.54. The number of carbonyl (C=O) groups is 1. The molecule has 3 N–H and O–H groups in total. The minimum Gasteiger partial charge on any atom is -0.381 e. The van der Waals surface area contributed by atoms with Gasteiger partial charge in [-0.25, -0.2) is 8.78 Å². The van der Waals surface area contributed by atoms with Crippen LogP contribution in [0.2, 0.25) is 0 Å². The number of alkyl halides is 2. The lowest BCUT2D eigenvalue weighted by Gasteiger charge is -2.30. The fourth-order valence-corrected chi connectivity index (χ4v) is 1.65. The lowest BCUT2D eigenvalue weighted by atomic mass is 9.96. The number of hydrogen-bond donors (Lipinski definition) is 2. The van der Waals surface area contributed by atoms with Gasteiger partial charge < -0.3 is 15.8 Å². The van der Waals surface area contributed by atoms with Crippen molar-refractivity contribution in [3.05, 3.63) is 0 Å². The fraction of sp³-hybridized carbons (Fsp3) is 0.900. The number of halogens is 2. The first-order chi connectivity index (χ1) is 7.49. The van der Waals surface area contributed by atoms with E-state index in [0.29, 0.717) is 19.6 Å². The highest BCUT2D eigenvalue weighted by atomic mass is 19.3. The minimum atomic E-state index is -2.62. The van der Waals surface area contributed by atoms with E-state index in [2.05, 4.69) is 5.32 Å². The molecule has 0 aromatic rings. The number of carbonyl (C=O) groups excluding carboxylic acids is 1. The average molecular weight is 236 g/mol. The van der Waals surface area contributed by atoms with E-state index in [1.807, 2.05) is 0 Å². The van der Waals surface area contributed by atoms with E-state index in [0.717, 1.165) is 0 Å². The Balaban J connectivity index is 2.56. The second kappa shape index (κ2) is 5.54. The van der Waals surface area contributed by atoms with E-state index in [1.165, 1.54) is 6.92 Å². The zero-order chi connectivity index (χ0) is 12.2. The zero-order valence-corrected chi connectivity index (χ0v) is 9.34. The molecule has 0 aromatic heterocycles. The molecule has 0 saturated carbocycles. The smallest absolute Gasteiger partial charge is 0.261 e. The van der Waals surface area contributed by atoms with Crippen LogP contribution in [0.15, 0.2) is 0 Å². The van der Waals surface area contributed by atoms with Gasteiger partial charge in [0.15, 0.2) is 0 Å². The van der Waals surface area contributed by atoms with Gasteiger partial charge in [-0.05, 0) is 26.3 Å². The van der Waals surface area contributed by atoms with Crippen molar-refractivity contribution in [2.24, 2.45) is 11.7 Å². The minimum absolute atomic E-state index is 0.0595. The number of nitrogens with two attached hydrogens (primary N) is 1. The number of hydrogen-bond acceptors (Lipinski definition) is 3. The van der Waals surface area contributed by atoms with Gasteiger partial charge >= 0.3 is 0 Å². The fourth-order valence-electron chi connectivity index (χ4n) is 1.65. The van der Waals surface area contributed by atoms with E-state index in [-0.39, 0.29) is 24.8 Å². The third-order valence-electron chi connectivity index (χ3n) is 2.85. The van der Waals surface area contributed by atoms with Gasteiger partial charge in [-0.1, -0.05) is 0 Å². The maximum atomic E-state index is 12.8. The predicted molar refractivity (Wildman–Crippen MR) is 55.1 cm³/mol. The molecular weight excluding hydrogens is 218 g/mol. The van der Waals surface area contributed by atoms with Crippen LogP contribution >= 0.6 is 0 Å². The van der Waals surface area contributed by atoms with Gasteiger partial charge in [-0.2, -0.15) is 0 Å². The Bertz CT molecular complexity index is 245. The Morgan fingerprint density at radius 3 is 2.81 bits per heavy atom. The molecule has 16 heavy (non-hydrogen) atoms. The van der Waals surface area contributed by atoms with E-state index in [4.69, 9.17) is 10.5 Å². The molecule has 4 nitrogen and oxygen atoms in total. The van der Waals surface area contributed by atoms with Crippen LogP contribution < -0.4 is 11.1 Å². The first kappa shape index (κ1) is 13.3. The van der Waals surface area contributed by atoms with Gasteiger partial charge in [0.25, 0.3) is 6.43 Å². The van der Waals surface area contributed by atoms with Crippen LogP contribution in [0.25, 0.3) is 0 Å². The van der Waals surface area contributed by atoms with Crippen LogP contribution in [0.5, 0.6) is 0 Å². The molecule has 1 rings (SSSR count). The van der Waals surface area contributed by atoms with E-state index >= 15 is 0 Å². The third-order valence-corrected chi connectivity index (χ3v) is 2.85. The van der Waals surface area contributed by atoms with Gasteiger partial charge in [0.05, 0.1) is 18.1 Å². The summed E-state index contributed by atoms with van der Waals surface area (Å²) < 4.78 is 30.7. The second-order valence-electron chi connectivity index (χ2n) is 4.31. The van der Waals surface area contributed by atoms with E-state index in [1.54, 1.807) is 0 Å². The van der Waals surface area contributed by atoms with Crippen LogP contribution in [0, 0.1) is 5.92 Å². The molecule has 1 aliphatic rings. The Labute approximate surface area is 93.5 Å². The summed E-state index contributed by atoms with van der Waals surface area (Å²) in [7, 11) is 0. The summed E-state index contributed by atoms with van der Waals surface area (Å²) in [4.78, 5) is 11.7. The third kappa shape index (κ3) is 3.12. The largest absolute Gasteiger partial charge is 0.381 e. The molecule has 0 aliphatic carbocycles. The molecule has 0 spiro atoms. The van der Waals surface area contributed by atoms with Crippen LogP contribution in [-0.2, 0) is 9.53 Å². The summed E-state index contributed by atoms with van der Waals surface area (Å²) in [6.45, 7) is 2.26. The molecule has 94 valence electrons. The topological polar surface area (TPSA) is 64.3 Å². The first-order valence-corrected chi connectivity index (χ1v) is 5.37. The molecule has 2 atom stereocenters. The Hall–Kier alpha value is -0.750. The standard InChI is InChI=1S/C10H18F2N2O2/c1-10(3-4-13,9(11)12)14-8(15)7-2-5-16-6-7/h7,9H,2-6,13H2,1H3,(H,14,15). The highest BCUT2D eigenvalue weighted by Crippen LogP contribution is 2.21. The Morgan fingerprint density at radius 1 is 1.69 bits per heavy atom. The van der Waals surface area contributed by atoms with Gasteiger partial charge in [-0.3, -0.25) is 4.79 Å². The van der Waals surface area contributed by atoms with Crippen molar-refractivity contribution in [3.63, 3.8) is 0 Å². The maximum Gasteiger partial charge on any atom is 0.261 e. The molecule has 6 heteroatoms. The van der Waals surface area contributed by atoms with Crippen LogP contribution in [0.1, 0.15) is 19.8 Å². The quantitative estimate of drug-likeness (QED) is 0.731. The summed E-state index contributed by atoms with van der Waals surface area (Å²) in [5.74, 6) is -0.676. The van der Waals surface area contributed by atoms with Gasteiger partial charge in [0, 0.05) is 6.61 Å². The van der Waals surface area contributed by atoms with Crippen molar-refractivity contribution in [1.82, 2.24) is 5.32 Å². The summed E-state index contributed by atoms with van der Waals surface area (Å²) in [6, 6.07) is 0. The molecule has 1 saturated heterocycles. The maximum absolute atomic E-state index is 12.8. The van der Waals surface area contributed by atoms with Crippen molar-refractivity contribution in [2.45, 2.75) is 31.7 Å². The summed E-state index contributed by atoms with van der Waals surface area (Å²) in [5.41, 5.74) is 3.74. The van der Waals surface area contributed by atoms with Gasteiger partial charge in [0.1, 0.15) is 0 Å². The lowest BCUT2D eigenvalue weighted by molar-refractivity contribution is -0.129. The molecule has 2 unspecified atom stereocenters. The summed E-state index contributed by atoms with van der Waals surface area (Å²) in [5, 5.41) is 2.39. The van der Waals surface area contributed by atoms with Gasteiger partial charge in [0.2, 0.25) is 5.91 Å². The van der Waals surface area contributed by atoms with Crippen LogP contribution in [-0.4, -0.2) is 37.6 Å². The van der Waals surface area contributed by atoms with Crippen LogP contribution in [0.3, 0.4) is 0 Å². The monoisotopic (exact) mass is 236 g/mol. The number of rotatable bonds is 5. The van der Waals surface area contributed by atoms with Gasteiger partial charge in [-0.15, -0.1) is 0 Å². The summed E-state index contributed by atoms with van der Waals surface area (Å²) in [6.07, 6.45) is -1.97. The van der Waals surface area contributed by atoms with E-state index < -0.39 is 12.0 Å². The molecule has 0 bridgehead atoms. The molecule has 0 radical (unpaired) electrons. The average Bonchev–Trinajstić information content (AvgIpc) is 2.70. The SMILES string of the molecule is CC(CCN)(NC(=O)C1CCOC1)C(F)F. The molecule has 1 heterocycles. The van der Waals surface area contributed by atoms with Crippen molar-refractivity contribution >= 4 is 5.91 Å². The Morgan fingerprint density at radius 2 is 2.38 bits per heavy atom. The highest BCUT2D eigenvalue weighted by Gasteiger charge is 2.38. The van der Waals surface area contributed by atoms with Crippen LogP contribution in [0.4, 0.5) is 8.78 Å². The number of nitrogens with one attached hydrogen (secondary N) is 1. The predicted octanol–water partition coefficient (Wildman–Crippen LogP) is 0.512. The molecule has 0 aromatic carbocycles. The van der Waals surface area contributed by atoms with Crippen molar-refractivity contribution in [1.29, 1.82) is 0 Å². The second-order valence-corrected chi connectivity index (χ2v) is 4.31. The number of amides is 1. The zero-order valence-electron chi connectivity index (χ0n) is 9.34. The van der Waals surface area contributed by atoms with Crippen molar-refractivity contribution < 1.29 is 18.3 Å². The van der Waals surface area contributed by atoms with E-state index in [9.17, 15) is 13.6 Å². The number of ether oxygens (including phenoxy) is 1. The molecule has 1 fully saturated rings. The first-order valence-electron chi connectivity index (χ1n) is 5.37. The van der Waals surface area contributed by atoms with Crippen molar-refractivity contribution in [3.8, 4) is 0 Å². The summed E-state index contributed by atoms with van der Waals surface area (Å²) >= 11 is 0. The molecular formula is C10H18F2N2O2. The molecule has 1 amide bonds. The Kier molecular flexibility index (Phi) is 4.61. The molecule has 1 aliphatic heterocycles.